The first-order chi connectivity index (χ1) is 7.62. The van der Waals surface area contributed by atoms with Crippen LogP contribution in [0.2, 0.25) is 0 Å². The molecular weight excluding hydrogens is 230 g/mol. The highest BCUT2D eigenvalue weighted by Gasteiger charge is 2.16. The van der Waals surface area contributed by atoms with Crippen LogP contribution in [0.3, 0.4) is 0 Å². The third kappa shape index (κ3) is 2.06. The number of aromatic amines is 1. The van der Waals surface area contributed by atoms with Gasteiger partial charge in [0.05, 0.1) is 24.4 Å². The summed E-state index contributed by atoms with van der Waals surface area (Å²) in [5, 5.41) is 3.99. The molecule has 8 heteroatoms. The van der Waals surface area contributed by atoms with Gasteiger partial charge in [-0.3, -0.25) is 9.40 Å². The number of hydrogen-bond donors (Lipinski definition) is 2. The minimum Gasteiger partial charge on any atom is -0.334 e. The average molecular weight is 241 g/mol. The van der Waals surface area contributed by atoms with Crippen molar-refractivity contribution in [1.29, 1.82) is 0 Å². The molecule has 2 aromatic heterocycles. The highest BCUT2D eigenvalue weighted by molar-refractivity contribution is 7.92. The molecular formula is C8H11N5O2S. The Balaban J connectivity index is 2.21. The number of anilines is 1. The molecule has 0 spiro atoms. The van der Waals surface area contributed by atoms with E-state index in [1.165, 1.54) is 18.7 Å². The van der Waals surface area contributed by atoms with Gasteiger partial charge in [0.25, 0.3) is 10.0 Å². The van der Waals surface area contributed by atoms with Gasteiger partial charge in [0.15, 0.2) is 5.03 Å². The second-order valence-corrected chi connectivity index (χ2v) is 4.76. The lowest BCUT2D eigenvalue weighted by molar-refractivity contribution is 0.598. The zero-order chi connectivity index (χ0) is 11.6. The Kier molecular flexibility index (Phi) is 2.65. The standard InChI is InChI=1S/C8H11N5O2S/c1-2-13-5-7(3-11-13)12-16(14,15)8-4-9-6-10-8/h3-6,12H,2H2,1H3,(H,9,10). The van der Waals surface area contributed by atoms with E-state index in [4.69, 9.17) is 0 Å². The fraction of sp³-hybridized carbons (Fsp3) is 0.250. The normalized spacial score (nSPS) is 11.6. The molecule has 0 bridgehead atoms. The predicted molar refractivity (Wildman–Crippen MR) is 57.3 cm³/mol. The summed E-state index contributed by atoms with van der Waals surface area (Å²) < 4.78 is 27.5. The summed E-state index contributed by atoms with van der Waals surface area (Å²) in [6.07, 6.45) is 5.63. The SMILES string of the molecule is CCn1cc(NS(=O)(=O)c2cnc[nH]2)cn1. The van der Waals surface area contributed by atoms with E-state index in [0.29, 0.717) is 12.2 Å². The van der Waals surface area contributed by atoms with Gasteiger partial charge in [-0.05, 0) is 6.92 Å². The number of nitrogens with zero attached hydrogens (tertiary/aromatic N) is 3. The Hall–Kier alpha value is -1.83. The van der Waals surface area contributed by atoms with Gasteiger partial charge in [-0.1, -0.05) is 0 Å². The van der Waals surface area contributed by atoms with E-state index >= 15 is 0 Å². The largest absolute Gasteiger partial charge is 0.334 e. The molecule has 0 aromatic carbocycles. The van der Waals surface area contributed by atoms with Crippen LogP contribution >= 0.6 is 0 Å². The minimum absolute atomic E-state index is 0.0248. The number of aromatic nitrogens is 4. The Morgan fingerprint density at radius 1 is 1.50 bits per heavy atom. The van der Waals surface area contributed by atoms with Gasteiger partial charge in [0.2, 0.25) is 0 Å². The second-order valence-electron chi connectivity index (χ2n) is 3.11. The van der Waals surface area contributed by atoms with E-state index in [2.05, 4.69) is 19.8 Å². The van der Waals surface area contributed by atoms with Gasteiger partial charge in [-0.15, -0.1) is 0 Å². The Morgan fingerprint density at radius 2 is 2.31 bits per heavy atom. The lowest BCUT2D eigenvalue weighted by Crippen LogP contribution is -2.12. The summed E-state index contributed by atoms with van der Waals surface area (Å²) in [4.78, 5) is 6.19. The maximum absolute atomic E-state index is 11.7. The van der Waals surface area contributed by atoms with Crippen LogP contribution in [0.4, 0.5) is 5.69 Å². The molecule has 16 heavy (non-hydrogen) atoms. The first-order valence-electron chi connectivity index (χ1n) is 4.65. The molecule has 2 aromatic rings. The Bertz CT molecular complexity index is 557. The molecule has 0 atom stereocenters. The van der Waals surface area contributed by atoms with Crippen LogP contribution in [0.25, 0.3) is 0 Å². The van der Waals surface area contributed by atoms with Crippen molar-refractivity contribution in [3.05, 3.63) is 24.9 Å². The fourth-order valence-electron chi connectivity index (χ4n) is 1.19. The van der Waals surface area contributed by atoms with E-state index in [1.54, 1.807) is 10.9 Å². The van der Waals surface area contributed by atoms with Crippen LogP contribution in [-0.2, 0) is 16.6 Å². The van der Waals surface area contributed by atoms with Crippen molar-refractivity contribution < 1.29 is 8.42 Å². The molecule has 0 unspecified atom stereocenters. The fourth-order valence-corrected chi connectivity index (χ4v) is 2.12. The number of imidazole rings is 1. The van der Waals surface area contributed by atoms with Crippen LogP contribution in [0.1, 0.15) is 6.92 Å². The molecule has 2 rings (SSSR count). The third-order valence-corrected chi connectivity index (χ3v) is 3.28. The molecule has 2 N–H and O–H groups in total. The number of aryl methyl sites for hydroxylation is 1. The lowest BCUT2D eigenvalue weighted by atomic mass is 10.6. The summed E-state index contributed by atoms with van der Waals surface area (Å²) in [5.41, 5.74) is 0.427. The maximum atomic E-state index is 11.7. The third-order valence-electron chi connectivity index (χ3n) is 1.97. The van der Waals surface area contributed by atoms with Crippen LogP contribution in [0, 0.1) is 0 Å². The van der Waals surface area contributed by atoms with E-state index < -0.39 is 10.0 Å². The van der Waals surface area contributed by atoms with Crippen molar-refractivity contribution in [3.63, 3.8) is 0 Å². The molecule has 0 amide bonds. The van der Waals surface area contributed by atoms with Crippen molar-refractivity contribution in [1.82, 2.24) is 19.7 Å². The van der Waals surface area contributed by atoms with Crippen molar-refractivity contribution in [2.24, 2.45) is 0 Å². The summed E-state index contributed by atoms with van der Waals surface area (Å²) in [5.74, 6) is 0. The minimum atomic E-state index is -3.59. The van der Waals surface area contributed by atoms with Gasteiger partial charge in [0.1, 0.15) is 0 Å². The molecule has 0 saturated carbocycles. The molecule has 0 fully saturated rings. The van der Waals surface area contributed by atoms with Gasteiger partial charge in [-0.25, -0.2) is 4.98 Å². The Morgan fingerprint density at radius 3 is 2.88 bits per heavy atom. The highest BCUT2D eigenvalue weighted by atomic mass is 32.2. The number of nitrogens with one attached hydrogen (secondary N) is 2. The first-order valence-corrected chi connectivity index (χ1v) is 6.14. The molecule has 7 nitrogen and oxygen atoms in total. The quantitative estimate of drug-likeness (QED) is 0.811. The molecule has 0 aliphatic rings. The van der Waals surface area contributed by atoms with Crippen LogP contribution in [0.5, 0.6) is 0 Å². The van der Waals surface area contributed by atoms with E-state index in [0.717, 1.165) is 0 Å². The molecule has 86 valence electrons. The molecule has 0 aliphatic carbocycles. The average Bonchev–Trinajstić information content (AvgIpc) is 2.86. The second kappa shape index (κ2) is 3.97. The van der Waals surface area contributed by atoms with Crippen LogP contribution in [0.15, 0.2) is 29.9 Å². The smallest absolute Gasteiger partial charge is 0.279 e. The number of H-pyrrole nitrogens is 1. The van der Waals surface area contributed by atoms with E-state index in [9.17, 15) is 8.42 Å². The van der Waals surface area contributed by atoms with Gasteiger partial charge in [-0.2, -0.15) is 13.5 Å². The Labute approximate surface area is 92.6 Å². The number of rotatable bonds is 4. The van der Waals surface area contributed by atoms with Gasteiger partial charge >= 0.3 is 0 Å². The van der Waals surface area contributed by atoms with Crippen molar-refractivity contribution in [2.45, 2.75) is 18.5 Å². The van der Waals surface area contributed by atoms with Gasteiger partial charge < -0.3 is 4.98 Å². The topological polar surface area (TPSA) is 92.7 Å². The van der Waals surface area contributed by atoms with Gasteiger partial charge in [0, 0.05) is 12.7 Å². The van der Waals surface area contributed by atoms with Crippen LogP contribution in [-0.4, -0.2) is 28.2 Å². The number of hydrogen-bond acceptors (Lipinski definition) is 4. The van der Waals surface area contributed by atoms with Crippen LogP contribution < -0.4 is 4.72 Å². The van der Waals surface area contributed by atoms with Crippen molar-refractivity contribution in [3.8, 4) is 0 Å². The monoisotopic (exact) mass is 241 g/mol. The van der Waals surface area contributed by atoms with E-state index in [1.807, 2.05) is 6.92 Å². The lowest BCUT2D eigenvalue weighted by Gasteiger charge is -2.02. The zero-order valence-electron chi connectivity index (χ0n) is 8.58. The zero-order valence-corrected chi connectivity index (χ0v) is 9.40. The van der Waals surface area contributed by atoms with Crippen molar-refractivity contribution in [2.75, 3.05) is 4.72 Å². The highest BCUT2D eigenvalue weighted by Crippen LogP contribution is 2.12. The molecule has 0 radical (unpaired) electrons. The van der Waals surface area contributed by atoms with E-state index in [-0.39, 0.29) is 5.03 Å². The first kappa shape index (κ1) is 10.7. The summed E-state index contributed by atoms with van der Waals surface area (Å²) >= 11 is 0. The number of sulfonamides is 1. The molecule has 0 saturated heterocycles. The summed E-state index contributed by atoms with van der Waals surface area (Å²) in [7, 11) is -3.59. The molecule has 2 heterocycles. The summed E-state index contributed by atoms with van der Waals surface area (Å²) in [6.45, 7) is 2.60. The molecule has 0 aliphatic heterocycles. The maximum Gasteiger partial charge on any atom is 0.279 e. The predicted octanol–water partition coefficient (Wildman–Crippen LogP) is 0.427. The van der Waals surface area contributed by atoms with Crippen molar-refractivity contribution >= 4 is 15.7 Å². The summed E-state index contributed by atoms with van der Waals surface area (Å²) in [6, 6.07) is 0.